The standard InChI is InChI=1S/C21H20N6/c1-13-5-4-6-15(11-13)22-21-23-17-8-3-2-7-16(17)20(25-21)24-19-12-18(26-27-19)14-9-10-14/h2-8,11-12,14H,9-10H2,1H3,(H3,22,23,24,25,26,27). The van der Waals surface area contributed by atoms with Gasteiger partial charge >= 0.3 is 0 Å². The number of aromatic amines is 1. The molecule has 0 bridgehead atoms. The largest absolute Gasteiger partial charge is 0.324 e. The van der Waals surface area contributed by atoms with Gasteiger partial charge in [-0.25, -0.2) is 4.98 Å². The third kappa shape index (κ3) is 3.33. The number of rotatable bonds is 5. The molecule has 0 unspecified atom stereocenters. The first-order valence-corrected chi connectivity index (χ1v) is 9.17. The number of H-pyrrole nitrogens is 1. The third-order valence-corrected chi connectivity index (χ3v) is 4.74. The van der Waals surface area contributed by atoms with Crippen LogP contribution in [0.25, 0.3) is 10.9 Å². The average molecular weight is 356 g/mol. The number of benzene rings is 2. The summed E-state index contributed by atoms with van der Waals surface area (Å²) in [7, 11) is 0. The summed E-state index contributed by atoms with van der Waals surface area (Å²) in [5.41, 5.74) is 4.22. The fraction of sp³-hybridized carbons (Fsp3) is 0.190. The van der Waals surface area contributed by atoms with Crippen LogP contribution in [-0.2, 0) is 0 Å². The number of hydrogen-bond donors (Lipinski definition) is 3. The van der Waals surface area contributed by atoms with Crippen molar-refractivity contribution in [2.45, 2.75) is 25.7 Å². The van der Waals surface area contributed by atoms with E-state index in [9.17, 15) is 0 Å². The molecule has 2 heterocycles. The first-order chi connectivity index (χ1) is 13.2. The Labute approximate surface area is 157 Å². The molecule has 5 rings (SSSR count). The zero-order valence-electron chi connectivity index (χ0n) is 15.0. The Morgan fingerprint density at radius 3 is 2.70 bits per heavy atom. The number of fused-ring (bicyclic) bond motifs is 1. The van der Waals surface area contributed by atoms with Crippen molar-refractivity contribution in [1.29, 1.82) is 0 Å². The Balaban J connectivity index is 1.51. The van der Waals surface area contributed by atoms with Crippen LogP contribution in [0, 0.1) is 6.92 Å². The molecule has 134 valence electrons. The number of aromatic nitrogens is 4. The lowest BCUT2D eigenvalue weighted by Crippen LogP contribution is -2.02. The molecule has 1 aliphatic carbocycles. The van der Waals surface area contributed by atoms with Gasteiger partial charge in [-0.05, 0) is 49.6 Å². The first-order valence-electron chi connectivity index (χ1n) is 9.17. The van der Waals surface area contributed by atoms with Gasteiger partial charge in [-0.15, -0.1) is 0 Å². The van der Waals surface area contributed by atoms with Crippen molar-refractivity contribution >= 4 is 34.2 Å². The summed E-state index contributed by atoms with van der Waals surface area (Å²) in [6.07, 6.45) is 2.48. The van der Waals surface area contributed by atoms with Crippen molar-refractivity contribution in [2.75, 3.05) is 10.6 Å². The van der Waals surface area contributed by atoms with Crippen LogP contribution in [0.4, 0.5) is 23.3 Å². The molecule has 6 heteroatoms. The van der Waals surface area contributed by atoms with Gasteiger partial charge < -0.3 is 10.6 Å². The maximum absolute atomic E-state index is 4.70. The molecule has 27 heavy (non-hydrogen) atoms. The summed E-state index contributed by atoms with van der Waals surface area (Å²) in [5.74, 6) is 2.71. The molecule has 3 N–H and O–H groups in total. The predicted octanol–water partition coefficient (Wildman–Crippen LogP) is 5.03. The third-order valence-electron chi connectivity index (χ3n) is 4.74. The normalized spacial score (nSPS) is 13.7. The summed E-state index contributed by atoms with van der Waals surface area (Å²) < 4.78 is 0. The van der Waals surface area contributed by atoms with Gasteiger partial charge in [0.25, 0.3) is 0 Å². The molecule has 1 saturated carbocycles. The molecule has 0 aliphatic heterocycles. The molecule has 2 aromatic heterocycles. The van der Waals surface area contributed by atoms with Crippen LogP contribution < -0.4 is 10.6 Å². The van der Waals surface area contributed by atoms with Gasteiger partial charge in [-0.2, -0.15) is 10.1 Å². The van der Waals surface area contributed by atoms with E-state index < -0.39 is 0 Å². The highest BCUT2D eigenvalue weighted by Crippen LogP contribution is 2.39. The van der Waals surface area contributed by atoms with E-state index in [-0.39, 0.29) is 0 Å². The number of nitrogens with one attached hydrogen (secondary N) is 3. The second-order valence-electron chi connectivity index (χ2n) is 7.02. The Morgan fingerprint density at radius 1 is 0.963 bits per heavy atom. The highest BCUT2D eigenvalue weighted by molar-refractivity contribution is 5.91. The Kier molecular flexibility index (Phi) is 3.74. The van der Waals surface area contributed by atoms with E-state index in [1.165, 1.54) is 24.1 Å². The van der Waals surface area contributed by atoms with E-state index in [0.717, 1.165) is 28.2 Å². The van der Waals surface area contributed by atoms with Crippen LogP contribution in [-0.4, -0.2) is 20.2 Å². The molecule has 4 aromatic rings. The summed E-state index contributed by atoms with van der Waals surface area (Å²) in [6, 6.07) is 18.2. The summed E-state index contributed by atoms with van der Waals surface area (Å²) in [5, 5.41) is 15.1. The Bertz CT molecular complexity index is 1110. The van der Waals surface area contributed by atoms with Gasteiger partial charge in [-0.3, -0.25) is 5.10 Å². The SMILES string of the molecule is Cc1cccc(Nc2nc(Nc3cc(C4CC4)[nH]n3)c3ccccc3n2)c1. The zero-order chi connectivity index (χ0) is 18.2. The van der Waals surface area contributed by atoms with E-state index in [1.54, 1.807) is 0 Å². The highest BCUT2D eigenvalue weighted by atomic mass is 15.2. The van der Waals surface area contributed by atoms with Crippen molar-refractivity contribution in [1.82, 2.24) is 20.2 Å². The summed E-state index contributed by atoms with van der Waals surface area (Å²) in [4.78, 5) is 9.36. The number of anilines is 4. The van der Waals surface area contributed by atoms with Crippen molar-refractivity contribution in [3.63, 3.8) is 0 Å². The number of nitrogens with zero attached hydrogens (tertiary/aromatic N) is 3. The second-order valence-corrected chi connectivity index (χ2v) is 7.02. The van der Waals surface area contributed by atoms with E-state index in [1.807, 2.05) is 36.4 Å². The van der Waals surface area contributed by atoms with E-state index in [0.29, 0.717) is 11.9 Å². The molecule has 0 spiro atoms. The van der Waals surface area contributed by atoms with Crippen LogP contribution in [0.2, 0.25) is 0 Å². The maximum atomic E-state index is 4.70. The Morgan fingerprint density at radius 2 is 1.85 bits per heavy atom. The topological polar surface area (TPSA) is 78.5 Å². The molecular formula is C21H20N6. The number of para-hydroxylation sites is 1. The van der Waals surface area contributed by atoms with Crippen molar-refractivity contribution in [3.8, 4) is 0 Å². The number of hydrogen-bond acceptors (Lipinski definition) is 5. The van der Waals surface area contributed by atoms with Crippen molar-refractivity contribution < 1.29 is 0 Å². The highest BCUT2D eigenvalue weighted by Gasteiger charge is 2.25. The van der Waals surface area contributed by atoms with Gasteiger partial charge in [0.2, 0.25) is 5.95 Å². The molecular weight excluding hydrogens is 336 g/mol. The van der Waals surface area contributed by atoms with E-state index in [2.05, 4.69) is 50.9 Å². The fourth-order valence-corrected chi connectivity index (χ4v) is 3.21. The van der Waals surface area contributed by atoms with Gasteiger partial charge in [0.15, 0.2) is 5.82 Å². The average Bonchev–Trinajstić information content (AvgIpc) is 3.41. The van der Waals surface area contributed by atoms with Crippen LogP contribution in [0.15, 0.2) is 54.6 Å². The lowest BCUT2D eigenvalue weighted by molar-refractivity contribution is 0.966. The van der Waals surface area contributed by atoms with Gasteiger partial charge in [-0.1, -0.05) is 24.3 Å². The fourth-order valence-electron chi connectivity index (χ4n) is 3.21. The summed E-state index contributed by atoms with van der Waals surface area (Å²) >= 11 is 0. The molecule has 1 fully saturated rings. The smallest absolute Gasteiger partial charge is 0.229 e. The molecule has 1 aliphatic rings. The van der Waals surface area contributed by atoms with Crippen LogP contribution in [0.1, 0.15) is 30.0 Å². The monoisotopic (exact) mass is 356 g/mol. The van der Waals surface area contributed by atoms with Gasteiger partial charge in [0.05, 0.1) is 5.52 Å². The van der Waals surface area contributed by atoms with Crippen LogP contribution >= 0.6 is 0 Å². The lowest BCUT2D eigenvalue weighted by atomic mass is 10.2. The lowest BCUT2D eigenvalue weighted by Gasteiger charge is -2.11. The quantitative estimate of drug-likeness (QED) is 0.468. The predicted molar refractivity (Wildman–Crippen MR) is 108 cm³/mol. The van der Waals surface area contributed by atoms with Crippen molar-refractivity contribution in [2.24, 2.45) is 0 Å². The second kappa shape index (κ2) is 6.39. The summed E-state index contributed by atoms with van der Waals surface area (Å²) in [6.45, 7) is 2.06. The van der Waals surface area contributed by atoms with Crippen molar-refractivity contribution in [3.05, 3.63) is 65.9 Å². The molecule has 2 aromatic carbocycles. The molecule has 0 saturated heterocycles. The van der Waals surface area contributed by atoms with E-state index in [4.69, 9.17) is 4.98 Å². The first kappa shape index (κ1) is 15.8. The zero-order valence-corrected chi connectivity index (χ0v) is 15.0. The minimum absolute atomic E-state index is 0.555. The maximum Gasteiger partial charge on any atom is 0.229 e. The molecule has 0 atom stereocenters. The van der Waals surface area contributed by atoms with Crippen LogP contribution in [0.3, 0.4) is 0 Å². The van der Waals surface area contributed by atoms with Gasteiger partial charge in [0, 0.05) is 28.8 Å². The molecule has 0 radical (unpaired) electrons. The minimum Gasteiger partial charge on any atom is -0.324 e. The van der Waals surface area contributed by atoms with Crippen LogP contribution in [0.5, 0.6) is 0 Å². The Hall–Kier alpha value is -3.41. The minimum atomic E-state index is 0.555. The molecule has 0 amide bonds. The van der Waals surface area contributed by atoms with Gasteiger partial charge in [0.1, 0.15) is 5.82 Å². The number of aryl methyl sites for hydroxylation is 1. The molecule has 6 nitrogen and oxygen atoms in total. The van der Waals surface area contributed by atoms with E-state index >= 15 is 0 Å².